The molecule has 4 aromatic rings. The van der Waals surface area contributed by atoms with Crippen molar-refractivity contribution < 1.29 is 8.81 Å². The van der Waals surface area contributed by atoms with Crippen LogP contribution in [0.25, 0.3) is 22.6 Å². The summed E-state index contributed by atoms with van der Waals surface area (Å²) < 4.78 is 19.0. The van der Waals surface area contributed by atoms with Gasteiger partial charge in [0.1, 0.15) is 11.3 Å². The smallest absolute Gasteiger partial charge is 0.227 e. The maximum absolute atomic E-state index is 13.2. The van der Waals surface area contributed by atoms with Crippen LogP contribution in [0.5, 0.6) is 0 Å². The van der Waals surface area contributed by atoms with Gasteiger partial charge in [0, 0.05) is 16.9 Å². The third-order valence-corrected chi connectivity index (χ3v) is 4.33. The van der Waals surface area contributed by atoms with E-state index < -0.39 is 5.82 Å². The van der Waals surface area contributed by atoms with E-state index in [1.165, 1.54) is 12.1 Å². The number of fused-ring (bicyclic) bond motifs is 1. The van der Waals surface area contributed by atoms with Crippen LogP contribution < -0.4 is 10.6 Å². The molecular weight excluding hydrogens is 385 g/mol. The zero-order chi connectivity index (χ0) is 18.8. The van der Waals surface area contributed by atoms with Crippen LogP contribution in [0.4, 0.5) is 15.8 Å². The quantitative estimate of drug-likeness (QED) is 0.409. The van der Waals surface area contributed by atoms with Gasteiger partial charge in [-0.2, -0.15) is 0 Å². The molecule has 4 rings (SSSR count). The van der Waals surface area contributed by atoms with E-state index in [4.69, 9.17) is 28.2 Å². The number of thiocarbonyl (C=S) groups is 1. The molecule has 7 heteroatoms. The molecule has 2 N–H and O–H groups in total. The number of hydrogen-bond acceptors (Lipinski definition) is 3. The predicted octanol–water partition coefficient (Wildman–Crippen LogP) is 6.10. The number of anilines is 2. The molecule has 1 heterocycles. The van der Waals surface area contributed by atoms with Crippen LogP contribution >= 0.6 is 23.8 Å². The molecule has 0 radical (unpaired) electrons. The second kappa shape index (κ2) is 7.34. The molecule has 3 aromatic carbocycles. The van der Waals surface area contributed by atoms with Crippen LogP contribution in [0.3, 0.4) is 0 Å². The summed E-state index contributed by atoms with van der Waals surface area (Å²) in [6.45, 7) is 0. The Kier molecular flexibility index (Phi) is 4.75. The molecule has 27 heavy (non-hydrogen) atoms. The van der Waals surface area contributed by atoms with Crippen molar-refractivity contribution >= 4 is 51.4 Å². The van der Waals surface area contributed by atoms with Crippen molar-refractivity contribution in [3.05, 3.63) is 77.6 Å². The standard InChI is InChI=1S/C20H13ClFN3OS/c21-15-11-14(8-9-16(15)22)24-20(27)23-13-5-3-4-12(10-13)19-25-17-6-1-2-7-18(17)26-19/h1-11H,(H2,23,24,27). The summed E-state index contributed by atoms with van der Waals surface area (Å²) in [5.74, 6) is 0.0520. The molecule has 0 aliphatic carbocycles. The summed E-state index contributed by atoms with van der Waals surface area (Å²) in [7, 11) is 0. The van der Waals surface area contributed by atoms with Crippen molar-refractivity contribution in [3.8, 4) is 11.5 Å². The first kappa shape index (κ1) is 17.5. The Hall–Kier alpha value is -2.96. The zero-order valence-corrected chi connectivity index (χ0v) is 15.4. The van der Waals surface area contributed by atoms with E-state index in [0.717, 1.165) is 22.4 Å². The SMILES string of the molecule is Fc1ccc(NC(=S)Nc2cccc(-c3nc4ccccc4o3)c2)cc1Cl. The van der Waals surface area contributed by atoms with Gasteiger partial charge >= 0.3 is 0 Å². The minimum atomic E-state index is -0.480. The van der Waals surface area contributed by atoms with Crippen LogP contribution in [0.1, 0.15) is 0 Å². The second-order valence-corrected chi connectivity index (χ2v) is 6.59. The first-order valence-electron chi connectivity index (χ1n) is 8.07. The van der Waals surface area contributed by atoms with Gasteiger partial charge in [0.2, 0.25) is 5.89 Å². The van der Waals surface area contributed by atoms with Gasteiger partial charge in [-0.3, -0.25) is 0 Å². The van der Waals surface area contributed by atoms with E-state index in [9.17, 15) is 4.39 Å². The lowest BCUT2D eigenvalue weighted by molar-refractivity contribution is 0.620. The van der Waals surface area contributed by atoms with E-state index in [2.05, 4.69) is 15.6 Å². The lowest BCUT2D eigenvalue weighted by atomic mass is 10.2. The molecule has 1 aromatic heterocycles. The number of hydrogen-bond donors (Lipinski definition) is 2. The van der Waals surface area contributed by atoms with Gasteiger partial charge in [-0.25, -0.2) is 9.37 Å². The molecule has 0 spiro atoms. The molecule has 0 saturated carbocycles. The minimum absolute atomic E-state index is 0.0285. The maximum atomic E-state index is 13.2. The highest BCUT2D eigenvalue weighted by Crippen LogP contribution is 2.26. The molecule has 0 aliphatic heterocycles. The Morgan fingerprint density at radius 3 is 2.52 bits per heavy atom. The molecule has 0 amide bonds. The van der Waals surface area contributed by atoms with Crippen molar-refractivity contribution in [1.82, 2.24) is 4.98 Å². The topological polar surface area (TPSA) is 50.1 Å². The average Bonchev–Trinajstić information content (AvgIpc) is 3.09. The fraction of sp³-hybridized carbons (Fsp3) is 0. The molecule has 0 aliphatic rings. The van der Waals surface area contributed by atoms with Gasteiger partial charge in [-0.1, -0.05) is 29.8 Å². The third-order valence-electron chi connectivity index (χ3n) is 3.84. The summed E-state index contributed by atoms with van der Waals surface area (Å²) in [6, 6.07) is 19.5. The first-order valence-corrected chi connectivity index (χ1v) is 8.86. The van der Waals surface area contributed by atoms with Gasteiger partial charge in [-0.15, -0.1) is 0 Å². The van der Waals surface area contributed by atoms with Crippen LogP contribution in [0, 0.1) is 5.82 Å². The Balaban J connectivity index is 1.51. The fourth-order valence-corrected chi connectivity index (χ4v) is 3.01. The van der Waals surface area contributed by atoms with Crippen molar-refractivity contribution in [2.45, 2.75) is 0 Å². The Morgan fingerprint density at radius 1 is 0.963 bits per heavy atom. The van der Waals surface area contributed by atoms with Gasteiger partial charge < -0.3 is 15.1 Å². The van der Waals surface area contributed by atoms with E-state index in [1.807, 2.05) is 48.5 Å². The van der Waals surface area contributed by atoms with Crippen LogP contribution in [0.2, 0.25) is 5.02 Å². The number of benzene rings is 3. The molecular formula is C20H13ClFN3OS. The van der Waals surface area contributed by atoms with Crippen LogP contribution in [-0.4, -0.2) is 10.1 Å². The van der Waals surface area contributed by atoms with E-state index in [0.29, 0.717) is 16.7 Å². The summed E-state index contributed by atoms with van der Waals surface area (Å²) in [4.78, 5) is 4.50. The van der Waals surface area contributed by atoms with Gasteiger partial charge in [0.15, 0.2) is 10.7 Å². The second-order valence-electron chi connectivity index (χ2n) is 5.78. The molecule has 0 unspecified atom stereocenters. The first-order chi connectivity index (χ1) is 13.1. The molecule has 4 nitrogen and oxygen atoms in total. The highest BCUT2D eigenvalue weighted by Gasteiger charge is 2.09. The van der Waals surface area contributed by atoms with E-state index in [1.54, 1.807) is 6.07 Å². The number of halogens is 2. The Labute approximate surface area is 165 Å². The molecule has 0 atom stereocenters. The molecule has 0 fully saturated rings. The molecule has 134 valence electrons. The van der Waals surface area contributed by atoms with Crippen molar-refractivity contribution in [1.29, 1.82) is 0 Å². The third kappa shape index (κ3) is 3.92. The van der Waals surface area contributed by atoms with Crippen molar-refractivity contribution in [2.75, 3.05) is 10.6 Å². The number of nitrogens with one attached hydrogen (secondary N) is 2. The Bertz CT molecular complexity index is 1110. The monoisotopic (exact) mass is 397 g/mol. The number of oxazole rings is 1. The summed E-state index contributed by atoms with van der Waals surface area (Å²) in [5.41, 5.74) is 3.71. The lowest BCUT2D eigenvalue weighted by Crippen LogP contribution is -2.19. The summed E-state index contributed by atoms with van der Waals surface area (Å²) in [6.07, 6.45) is 0. The highest BCUT2D eigenvalue weighted by molar-refractivity contribution is 7.80. The summed E-state index contributed by atoms with van der Waals surface area (Å²) >= 11 is 11.1. The number of rotatable bonds is 3. The lowest BCUT2D eigenvalue weighted by Gasteiger charge is -2.11. The van der Waals surface area contributed by atoms with Crippen molar-refractivity contribution in [2.24, 2.45) is 0 Å². The van der Waals surface area contributed by atoms with Crippen LogP contribution in [0.15, 0.2) is 71.1 Å². The van der Waals surface area contributed by atoms with Crippen molar-refractivity contribution in [3.63, 3.8) is 0 Å². The maximum Gasteiger partial charge on any atom is 0.227 e. The van der Waals surface area contributed by atoms with Gasteiger partial charge in [-0.05, 0) is 60.7 Å². The van der Waals surface area contributed by atoms with Gasteiger partial charge in [0.05, 0.1) is 5.02 Å². The number of nitrogens with zero attached hydrogens (tertiary/aromatic N) is 1. The molecule has 0 bridgehead atoms. The minimum Gasteiger partial charge on any atom is -0.436 e. The predicted molar refractivity (Wildman–Crippen MR) is 111 cm³/mol. The van der Waals surface area contributed by atoms with E-state index in [-0.39, 0.29) is 5.02 Å². The number of para-hydroxylation sites is 2. The molecule has 0 saturated heterocycles. The Morgan fingerprint density at radius 2 is 1.74 bits per heavy atom. The average molecular weight is 398 g/mol. The largest absolute Gasteiger partial charge is 0.436 e. The fourth-order valence-electron chi connectivity index (χ4n) is 2.59. The summed E-state index contributed by atoms with van der Waals surface area (Å²) in [5, 5.41) is 6.43. The van der Waals surface area contributed by atoms with E-state index >= 15 is 0 Å². The van der Waals surface area contributed by atoms with Crippen LogP contribution in [-0.2, 0) is 0 Å². The van der Waals surface area contributed by atoms with Gasteiger partial charge in [0.25, 0.3) is 0 Å². The zero-order valence-electron chi connectivity index (χ0n) is 13.9. The highest BCUT2D eigenvalue weighted by atomic mass is 35.5. The normalized spacial score (nSPS) is 10.7. The number of aromatic nitrogens is 1.